The van der Waals surface area contributed by atoms with Gasteiger partial charge < -0.3 is 15.0 Å². The van der Waals surface area contributed by atoms with E-state index >= 15 is 0 Å². The van der Waals surface area contributed by atoms with Gasteiger partial charge in [-0.15, -0.1) is 0 Å². The summed E-state index contributed by atoms with van der Waals surface area (Å²) in [5, 5.41) is 3.54. The number of ether oxygens (including phenoxy) is 1. The van der Waals surface area contributed by atoms with Gasteiger partial charge in [0.15, 0.2) is 5.82 Å². The number of nitrogens with zero attached hydrogens (tertiary/aromatic N) is 2. The van der Waals surface area contributed by atoms with Crippen molar-refractivity contribution in [3.8, 4) is 0 Å². The molecule has 2 aliphatic rings. The standard InChI is InChI=1S/C14H21N3O/c1-3-4-17-13-9-18-8-11(13)7-15-12-5-10(2)6-16-14(12)17/h5-6,11,13,15H,3-4,7-9H2,1-2H3. The van der Waals surface area contributed by atoms with E-state index in [2.05, 4.69) is 35.1 Å². The number of aromatic nitrogens is 1. The maximum atomic E-state index is 5.65. The van der Waals surface area contributed by atoms with Crippen LogP contribution in [0.4, 0.5) is 11.5 Å². The molecule has 1 aromatic rings. The molecule has 3 heterocycles. The van der Waals surface area contributed by atoms with Crippen molar-refractivity contribution >= 4 is 11.5 Å². The zero-order chi connectivity index (χ0) is 12.5. The molecule has 98 valence electrons. The minimum Gasteiger partial charge on any atom is -0.382 e. The zero-order valence-corrected chi connectivity index (χ0v) is 11.1. The lowest BCUT2D eigenvalue weighted by atomic mass is 10.0. The molecule has 0 bridgehead atoms. The van der Waals surface area contributed by atoms with Gasteiger partial charge in [-0.05, 0) is 25.0 Å². The van der Waals surface area contributed by atoms with Crippen LogP contribution in [0.5, 0.6) is 0 Å². The van der Waals surface area contributed by atoms with E-state index in [0.29, 0.717) is 12.0 Å². The van der Waals surface area contributed by atoms with Gasteiger partial charge in [0, 0.05) is 25.2 Å². The van der Waals surface area contributed by atoms with Gasteiger partial charge in [0.05, 0.1) is 24.9 Å². The average Bonchev–Trinajstić information content (AvgIpc) is 2.77. The van der Waals surface area contributed by atoms with Crippen LogP contribution in [-0.4, -0.2) is 37.3 Å². The Balaban J connectivity index is 2.00. The highest BCUT2D eigenvalue weighted by Crippen LogP contribution is 2.33. The van der Waals surface area contributed by atoms with Crippen molar-refractivity contribution in [3.05, 3.63) is 17.8 Å². The zero-order valence-electron chi connectivity index (χ0n) is 11.1. The summed E-state index contributed by atoms with van der Waals surface area (Å²) in [7, 11) is 0. The lowest BCUT2D eigenvalue weighted by Gasteiger charge is -2.30. The SMILES string of the molecule is CCCN1c2ncc(C)cc2NCC2COCC21. The molecule has 3 rings (SSSR count). The van der Waals surface area contributed by atoms with Crippen LogP contribution in [-0.2, 0) is 4.74 Å². The Morgan fingerprint density at radius 2 is 2.39 bits per heavy atom. The summed E-state index contributed by atoms with van der Waals surface area (Å²) in [6.45, 7) is 8.05. The first-order valence-corrected chi connectivity index (χ1v) is 6.84. The van der Waals surface area contributed by atoms with Crippen LogP contribution in [0.2, 0.25) is 0 Å². The predicted molar refractivity (Wildman–Crippen MR) is 73.2 cm³/mol. The van der Waals surface area contributed by atoms with E-state index in [4.69, 9.17) is 4.74 Å². The van der Waals surface area contributed by atoms with Crippen LogP contribution in [0.1, 0.15) is 18.9 Å². The second kappa shape index (κ2) is 4.76. The first-order chi connectivity index (χ1) is 8.79. The Kier molecular flexibility index (Phi) is 3.12. The van der Waals surface area contributed by atoms with Crippen molar-refractivity contribution in [1.82, 2.24) is 4.98 Å². The molecular formula is C14H21N3O. The molecule has 0 amide bonds. The molecule has 1 fully saturated rings. The van der Waals surface area contributed by atoms with Crippen molar-refractivity contribution in [2.24, 2.45) is 5.92 Å². The fraction of sp³-hybridized carbons (Fsp3) is 0.643. The summed E-state index contributed by atoms with van der Waals surface area (Å²) in [5.41, 5.74) is 2.39. The lowest BCUT2D eigenvalue weighted by Crippen LogP contribution is -2.41. The fourth-order valence-corrected chi connectivity index (χ4v) is 2.96. The molecule has 1 aromatic heterocycles. The van der Waals surface area contributed by atoms with Crippen LogP contribution in [0.3, 0.4) is 0 Å². The second-order valence-corrected chi connectivity index (χ2v) is 5.32. The van der Waals surface area contributed by atoms with Crippen LogP contribution < -0.4 is 10.2 Å². The molecule has 0 saturated carbocycles. The molecule has 4 heteroatoms. The van der Waals surface area contributed by atoms with Gasteiger partial charge in [0.2, 0.25) is 0 Å². The highest BCUT2D eigenvalue weighted by Gasteiger charge is 2.36. The molecule has 1 N–H and O–H groups in total. The number of aryl methyl sites for hydroxylation is 1. The first kappa shape index (κ1) is 11.8. The number of anilines is 2. The highest BCUT2D eigenvalue weighted by molar-refractivity contribution is 5.68. The number of hydrogen-bond acceptors (Lipinski definition) is 4. The van der Waals surface area contributed by atoms with Gasteiger partial charge in [0.1, 0.15) is 0 Å². The maximum absolute atomic E-state index is 5.65. The van der Waals surface area contributed by atoms with E-state index in [1.165, 1.54) is 11.3 Å². The largest absolute Gasteiger partial charge is 0.382 e. The maximum Gasteiger partial charge on any atom is 0.152 e. The van der Waals surface area contributed by atoms with Crippen LogP contribution in [0.25, 0.3) is 0 Å². The molecule has 18 heavy (non-hydrogen) atoms. The van der Waals surface area contributed by atoms with Gasteiger partial charge >= 0.3 is 0 Å². The normalized spacial score (nSPS) is 26.2. The monoisotopic (exact) mass is 247 g/mol. The van der Waals surface area contributed by atoms with Crippen molar-refractivity contribution < 1.29 is 4.74 Å². The quantitative estimate of drug-likeness (QED) is 0.868. The van der Waals surface area contributed by atoms with Crippen molar-refractivity contribution in [1.29, 1.82) is 0 Å². The van der Waals surface area contributed by atoms with Crippen molar-refractivity contribution in [2.45, 2.75) is 26.3 Å². The Bertz CT molecular complexity index is 435. The number of fused-ring (bicyclic) bond motifs is 2. The average molecular weight is 247 g/mol. The topological polar surface area (TPSA) is 37.4 Å². The van der Waals surface area contributed by atoms with Gasteiger partial charge in [-0.1, -0.05) is 6.92 Å². The summed E-state index contributed by atoms with van der Waals surface area (Å²) in [4.78, 5) is 7.08. The Morgan fingerprint density at radius 3 is 3.22 bits per heavy atom. The minimum atomic E-state index is 0.480. The molecule has 4 nitrogen and oxygen atoms in total. The smallest absolute Gasteiger partial charge is 0.152 e. The summed E-state index contributed by atoms with van der Waals surface area (Å²) >= 11 is 0. The second-order valence-electron chi connectivity index (χ2n) is 5.32. The van der Waals surface area contributed by atoms with Crippen LogP contribution in [0.15, 0.2) is 12.3 Å². The fourth-order valence-electron chi connectivity index (χ4n) is 2.96. The molecule has 2 unspecified atom stereocenters. The minimum absolute atomic E-state index is 0.480. The third-order valence-electron chi connectivity index (χ3n) is 3.86. The van der Waals surface area contributed by atoms with E-state index in [1.54, 1.807) is 0 Å². The molecule has 0 aliphatic carbocycles. The summed E-state index contributed by atoms with van der Waals surface area (Å²) < 4.78 is 5.65. The Labute approximate surface area is 108 Å². The molecule has 0 spiro atoms. The van der Waals surface area contributed by atoms with Crippen molar-refractivity contribution in [3.63, 3.8) is 0 Å². The number of rotatable bonds is 2. The molecule has 2 aliphatic heterocycles. The van der Waals surface area contributed by atoms with E-state index in [1.807, 2.05) is 6.20 Å². The predicted octanol–water partition coefficient (Wildman–Crippen LogP) is 2.05. The van der Waals surface area contributed by atoms with E-state index in [-0.39, 0.29) is 0 Å². The number of hydrogen-bond donors (Lipinski definition) is 1. The van der Waals surface area contributed by atoms with E-state index < -0.39 is 0 Å². The summed E-state index contributed by atoms with van der Waals surface area (Å²) in [6, 6.07) is 2.68. The summed E-state index contributed by atoms with van der Waals surface area (Å²) in [5.74, 6) is 1.67. The Hall–Kier alpha value is -1.29. The van der Waals surface area contributed by atoms with Crippen LogP contribution in [0, 0.1) is 12.8 Å². The first-order valence-electron chi connectivity index (χ1n) is 6.84. The van der Waals surface area contributed by atoms with Gasteiger partial charge in [-0.3, -0.25) is 0 Å². The molecule has 0 aromatic carbocycles. The molecule has 0 radical (unpaired) electrons. The van der Waals surface area contributed by atoms with Gasteiger partial charge in [-0.25, -0.2) is 4.98 Å². The highest BCUT2D eigenvalue weighted by atomic mass is 16.5. The Morgan fingerprint density at radius 1 is 1.50 bits per heavy atom. The third-order valence-corrected chi connectivity index (χ3v) is 3.86. The van der Waals surface area contributed by atoms with Crippen LogP contribution >= 0.6 is 0 Å². The molecule has 2 atom stereocenters. The summed E-state index contributed by atoms with van der Waals surface area (Å²) in [6.07, 6.45) is 3.09. The molecule has 1 saturated heterocycles. The van der Waals surface area contributed by atoms with Gasteiger partial charge in [0.25, 0.3) is 0 Å². The molecular weight excluding hydrogens is 226 g/mol. The van der Waals surface area contributed by atoms with Crippen molar-refractivity contribution in [2.75, 3.05) is 36.5 Å². The van der Waals surface area contributed by atoms with E-state index in [9.17, 15) is 0 Å². The number of pyridine rings is 1. The third kappa shape index (κ3) is 1.94. The number of nitrogens with one attached hydrogen (secondary N) is 1. The van der Waals surface area contributed by atoms with E-state index in [0.717, 1.165) is 38.5 Å². The van der Waals surface area contributed by atoms with Gasteiger partial charge in [-0.2, -0.15) is 0 Å². The lowest BCUT2D eigenvalue weighted by molar-refractivity contribution is 0.185.